The summed E-state index contributed by atoms with van der Waals surface area (Å²) in [5, 5.41) is 5.25. The molecular weight excluding hydrogens is 452 g/mol. The van der Waals surface area contributed by atoms with Crippen LogP contribution in [-0.2, 0) is 23.9 Å². The van der Waals surface area contributed by atoms with Gasteiger partial charge < -0.3 is 20.1 Å². The fourth-order valence-electron chi connectivity index (χ4n) is 2.93. The van der Waals surface area contributed by atoms with Crippen molar-refractivity contribution in [2.75, 3.05) is 23.8 Å². The van der Waals surface area contributed by atoms with Gasteiger partial charge in [-0.1, -0.05) is 25.5 Å². The largest absolute Gasteiger partial charge is 0.462 e. The molecule has 2 aromatic carbocycles. The summed E-state index contributed by atoms with van der Waals surface area (Å²) in [6.07, 6.45) is 2.02. The number of unbranched alkanes of at least 4 members (excludes halogenated alkanes) is 1. The van der Waals surface area contributed by atoms with E-state index in [-0.39, 0.29) is 31.0 Å². The number of ketones is 1. The van der Waals surface area contributed by atoms with Crippen LogP contribution in [0.4, 0.5) is 11.4 Å². The third-order valence-corrected chi connectivity index (χ3v) is 4.84. The summed E-state index contributed by atoms with van der Waals surface area (Å²) in [6, 6.07) is 12.8. The molecule has 0 spiro atoms. The maximum atomic E-state index is 12.0. The molecule has 0 heterocycles. The highest BCUT2D eigenvalue weighted by atomic mass is 16.5. The minimum atomic E-state index is -0.600. The van der Waals surface area contributed by atoms with Gasteiger partial charge in [-0.05, 0) is 56.2 Å². The number of carbonyl (C=O) groups is 5. The third kappa shape index (κ3) is 10.2. The lowest BCUT2D eigenvalue weighted by Gasteiger charge is -2.08. The fraction of sp³-hybridized carbons (Fsp3) is 0.346. The molecule has 2 N–H and O–H groups in total. The lowest BCUT2D eigenvalue weighted by Crippen LogP contribution is -2.21. The first-order valence-corrected chi connectivity index (χ1v) is 11.4. The van der Waals surface area contributed by atoms with Crippen molar-refractivity contribution in [3.05, 3.63) is 59.7 Å². The highest BCUT2D eigenvalue weighted by Gasteiger charge is 2.11. The van der Waals surface area contributed by atoms with Crippen LogP contribution < -0.4 is 10.6 Å². The van der Waals surface area contributed by atoms with Gasteiger partial charge >= 0.3 is 11.9 Å². The lowest BCUT2D eigenvalue weighted by atomic mass is 10.1. The zero-order valence-corrected chi connectivity index (χ0v) is 19.9. The topological polar surface area (TPSA) is 128 Å². The van der Waals surface area contributed by atoms with Crippen LogP contribution in [0.5, 0.6) is 0 Å². The predicted molar refractivity (Wildman–Crippen MR) is 130 cm³/mol. The van der Waals surface area contributed by atoms with Gasteiger partial charge in [0, 0.05) is 29.8 Å². The Balaban J connectivity index is 1.65. The minimum Gasteiger partial charge on any atom is -0.462 e. The second-order valence-electron chi connectivity index (χ2n) is 7.81. The minimum absolute atomic E-state index is 0.0248. The number of hydrogen-bond acceptors (Lipinski definition) is 7. The summed E-state index contributed by atoms with van der Waals surface area (Å²) in [5.74, 6) is -1.96. The summed E-state index contributed by atoms with van der Waals surface area (Å²) >= 11 is 0. The van der Waals surface area contributed by atoms with Gasteiger partial charge in [-0.25, -0.2) is 4.79 Å². The highest BCUT2D eigenvalue weighted by Crippen LogP contribution is 2.13. The molecule has 9 heteroatoms. The zero-order valence-electron chi connectivity index (χ0n) is 19.9. The molecular formula is C26H30N2O7. The molecule has 35 heavy (non-hydrogen) atoms. The van der Waals surface area contributed by atoms with E-state index in [1.54, 1.807) is 36.4 Å². The summed E-state index contributed by atoms with van der Waals surface area (Å²) in [6.45, 7) is 3.33. The summed E-state index contributed by atoms with van der Waals surface area (Å²) in [7, 11) is 0. The molecule has 2 rings (SSSR count). The number of carbonyl (C=O) groups excluding carboxylic acids is 5. The number of esters is 2. The van der Waals surface area contributed by atoms with Crippen LogP contribution in [0.1, 0.15) is 66.7 Å². The van der Waals surface area contributed by atoms with Crippen molar-refractivity contribution in [2.45, 2.75) is 46.0 Å². The third-order valence-electron chi connectivity index (χ3n) is 4.84. The van der Waals surface area contributed by atoms with E-state index in [0.717, 1.165) is 12.8 Å². The van der Waals surface area contributed by atoms with Crippen LogP contribution >= 0.6 is 0 Å². The molecule has 0 atom stereocenters. The monoisotopic (exact) mass is 482 g/mol. The zero-order chi connectivity index (χ0) is 25.6. The van der Waals surface area contributed by atoms with Crippen LogP contribution in [0, 0.1) is 0 Å². The standard InChI is InChI=1S/C26H30N2O7/c1-3-4-15-34-26(33)19-11-13-21(14-12-19)27-24(31)17-35-25(32)10-6-9-23(30)28-22-8-5-7-20(16-22)18(2)29/h5,7-8,11-14,16H,3-4,6,9-10,15,17H2,1-2H3,(H,27,31)(H,28,30). The van der Waals surface area contributed by atoms with Crippen LogP contribution in [0.25, 0.3) is 0 Å². The summed E-state index contributed by atoms with van der Waals surface area (Å²) in [5.41, 5.74) is 1.82. The van der Waals surface area contributed by atoms with E-state index in [1.807, 2.05) is 6.92 Å². The van der Waals surface area contributed by atoms with Crippen LogP contribution in [0.3, 0.4) is 0 Å². The lowest BCUT2D eigenvalue weighted by molar-refractivity contribution is -0.147. The Bertz CT molecular complexity index is 1050. The number of hydrogen-bond donors (Lipinski definition) is 2. The Labute approximate surface area is 204 Å². The molecule has 0 radical (unpaired) electrons. The van der Waals surface area contributed by atoms with E-state index in [4.69, 9.17) is 9.47 Å². The van der Waals surface area contributed by atoms with Gasteiger partial charge in [-0.2, -0.15) is 0 Å². The molecule has 0 bridgehead atoms. The van der Waals surface area contributed by atoms with Crippen molar-refractivity contribution in [1.82, 2.24) is 0 Å². The molecule has 0 aliphatic rings. The average molecular weight is 483 g/mol. The second-order valence-corrected chi connectivity index (χ2v) is 7.81. The molecule has 2 amide bonds. The Kier molecular flexibility index (Phi) is 11.1. The number of ether oxygens (including phenoxy) is 2. The van der Waals surface area contributed by atoms with Crippen molar-refractivity contribution < 1.29 is 33.4 Å². The smallest absolute Gasteiger partial charge is 0.338 e. The van der Waals surface area contributed by atoms with Gasteiger partial charge in [0.15, 0.2) is 12.4 Å². The predicted octanol–water partition coefficient (Wildman–Crippen LogP) is 4.14. The molecule has 2 aromatic rings. The van der Waals surface area contributed by atoms with Crippen molar-refractivity contribution in [2.24, 2.45) is 0 Å². The molecule has 186 valence electrons. The molecule has 0 saturated heterocycles. The number of benzene rings is 2. The first-order chi connectivity index (χ1) is 16.8. The highest BCUT2D eigenvalue weighted by molar-refractivity contribution is 5.97. The van der Waals surface area contributed by atoms with Crippen molar-refractivity contribution in [3.63, 3.8) is 0 Å². The van der Waals surface area contributed by atoms with Crippen molar-refractivity contribution in [3.8, 4) is 0 Å². The van der Waals surface area contributed by atoms with Gasteiger partial charge in [0.2, 0.25) is 5.91 Å². The Hall–Kier alpha value is -4.01. The van der Waals surface area contributed by atoms with Gasteiger partial charge in [-0.3, -0.25) is 19.2 Å². The van der Waals surface area contributed by atoms with Crippen LogP contribution in [0.15, 0.2) is 48.5 Å². The number of amides is 2. The number of rotatable bonds is 13. The van der Waals surface area contributed by atoms with E-state index in [1.165, 1.54) is 19.1 Å². The quantitative estimate of drug-likeness (QED) is 0.249. The van der Waals surface area contributed by atoms with E-state index in [9.17, 15) is 24.0 Å². The second kappa shape index (κ2) is 14.3. The van der Waals surface area contributed by atoms with E-state index in [0.29, 0.717) is 29.1 Å². The number of anilines is 2. The molecule has 0 aliphatic carbocycles. The van der Waals surface area contributed by atoms with Crippen LogP contribution in [0.2, 0.25) is 0 Å². The maximum absolute atomic E-state index is 12.0. The van der Waals surface area contributed by atoms with E-state index >= 15 is 0 Å². The Morgan fingerprint density at radius 1 is 0.771 bits per heavy atom. The van der Waals surface area contributed by atoms with Gasteiger partial charge in [0.1, 0.15) is 0 Å². The normalized spacial score (nSPS) is 10.2. The molecule has 0 aliphatic heterocycles. The van der Waals surface area contributed by atoms with Crippen molar-refractivity contribution >= 4 is 40.9 Å². The van der Waals surface area contributed by atoms with E-state index < -0.39 is 24.5 Å². The molecule has 9 nitrogen and oxygen atoms in total. The summed E-state index contributed by atoms with van der Waals surface area (Å²) in [4.78, 5) is 59.2. The first-order valence-electron chi connectivity index (χ1n) is 11.4. The molecule has 0 aromatic heterocycles. The molecule has 0 unspecified atom stereocenters. The maximum Gasteiger partial charge on any atom is 0.338 e. The van der Waals surface area contributed by atoms with Crippen molar-refractivity contribution in [1.29, 1.82) is 0 Å². The Morgan fingerprint density at radius 2 is 1.49 bits per heavy atom. The van der Waals surface area contributed by atoms with Crippen LogP contribution in [-0.4, -0.2) is 42.7 Å². The van der Waals surface area contributed by atoms with Gasteiger partial charge in [-0.15, -0.1) is 0 Å². The van der Waals surface area contributed by atoms with E-state index in [2.05, 4.69) is 10.6 Å². The molecule has 0 saturated carbocycles. The first kappa shape index (κ1) is 27.2. The number of nitrogens with one attached hydrogen (secondary N) is 2. The SMILES string of the molecule is CCCCOC(=O)c1ccc(NC(=O)COC(=O)CCCC(=O)Nc2cccc(C(C)=O)c2)cc1. The van der Waals surface area contributed by atoms with Gasteiger partial charge in [0.25, 0.3) is 5.91 Å². The summed E-state index contributed by atoms with van der Waals surface area (Å²) < 4.78 is 10.1. The Morgan fingerprint density at radius 3 is 2.17 bits per heavy atom. The van der Waals surface area contributed by atoms with Gasteiger partial charge in [0.05, 0.1) is 12.2 Å². The fourth-order valence-corrected chi connectivity index (χ4v) is 2.93. The number of Topliss-reactive ketones (excluding diaryl/α,β-unsaturated/α-hetero) is 1. The average Bonchev–Trinajstić information content (AvgIpc) is 2.83. The molecule has 0 fully saturated rings.